The van der Waals surface area contributed by atoms with Gasteiger partial charge in [-0.3, -0.25) is 9.36 Å². The largest absolute Gasteiger partial charge is 0.743 e. The maximum Gasteiger partial charge on any atom is 0.377 e. The first-order valence-corrected chi connectivity index (χ1v) is 15.1. The van der Waals surface area contributed by atoms with Crippen molar-refractivity contribution in [3.63, 3.8) is 0 Å². The molecule has 5 rings (SSSR count). The number of fused-ring (bicyclic) bond motifs is 2. The van der Waals surface area contributed by atoms with Crippen LogP contribution in [0.2, 0.25) is 0 Å². The van der Waals surface area contributed by atoms with Gasteiger partial charge >= 0.3 is 5.89 Å². The monoisotopic (exact) mass is 575 g/mol. The average molecular weight is 576 g/mol. The van der Waals surface area contributed by atoms with Crippen LogP contribution in [0.4, 0.5) is 5.69 Å². The number of para-hydroxylation sites is 1. The van der Waals surface area contributed by atoms with Gasteiger partial charge in [-0.15, -0.1) is 22.5 Å². The van der Waals surface area contributed by atoms with Gasteiger partial charge in [-0.1, -0.05) is 30.4 Å². The van der Waals surface area contributed by atoms with Crippen LogP contribution >= 0.6 is 11.3 Å². The molecule has 0 amide bonds. The molecule has 40 heavy (non-hydrogen) atoms. The molecule has 0 bridgehead atoms. The number of oxazole rings is 1. The van der Waals surface area contributed by atoms with Crippen molar-refractivity contribution in [2.45, 2.75) is 33.2 Å². The molecule has 1 aliphatic rings. The number of thiazole rings is 1. The SMILES string of the molecule is C=CCn1c(=Cc2oc3cc(C)c(C)cc3[n+]2CS(=O)(=O)[O-])sc(=C/C=C2\C=CN(CC)c3ccccc32)c1=O. The molecule has 2 aromatic carbocycles. The van der Waals surface area contributed by atoms with Crippen molar-refractivity contribution in [1.82, 2.24) is 4.57 Å². The van der Waals surface area contributed by atoms with Gasteiger partial charge < -0.3 is 13.9 Å². The predicted octanol–water partition coefficient (Wildman–Crippen LogP) is 3.30. The van der Waals surface area contributed by atoms with E-state index in [0.717, 1.165) is 34.5 Å². The van der Waals surface area contributed by atoms with Crippen LogP contribution in [-0.2, 0) is 22.5 Å². The van der Waals surface area contributed by atoms with E-state index in [0.29, 0.717) is 20.3 Å². The predicted molar refractivity (Wildman–Crippen MR) is 158 cm³/mol. The number of rotatable bonds is 7. The summed E-state index contributed by atoms with van der Waals surface area (Å²) in [5.41, 5.74) is 5.79. The number of aryl methyl sites for hydroxylation is 2. The van der Waals surface area contributed by atoms with E-state index in [9.17, 15) is 17.8 Å². The number of allylic oxidation sites excluding steroid dienone is 4. The van der Waals surface area contributed by atoms with E-state index in [4.69, 9.17) is 4.42 Å². The first-order chi connectivity index (χ1) is 19.1. The molecule has 2 aromatic heterocycles. The second-order valence-corrected chi connectivity index (χ2v) is 12.0. The molecular weight excluding hydrogens is 546 g/mol. The first kappa shape index (κ1) is 27.6. The molecule has 0 radical (unpaired) electrons. The summed E-state index contributed by atoms with van der Waals surface area (Å²) in [6.07, 6.45) is 11.0. The fourth-order valence-corrected chi connectivity index (χ4v) is 6.28. The Morgan fingerprint density at radius 1 is 1.15 bits per heavy atom. The smallest absolute Gasteiger partial charge is 0.377 e. The van der Waals surface area contributed by atoms with Crippen molar-refractivity contribution in [1.29, 1.82) is 0 Å². The fraction of sp³-hybridized carbons (Fsp3) is 0.200. The van der Waals surface area contributed by atoms with E-state index in [1.807, 2.05) is 50.4 Å². The molecule has 1 aliphatic heterocycles. The van der Waals surface area contributed by atoms with Gasteiger partial charge in [0.25, 0.3) is 11.1 Å². The maximum absolute atomic E-state index is 13.4. The molecule has 0 atom stereocenters. The lowest BCUT2D eigenvalue weighted by molar-refractivity contribution is -0.658. The summed E-state index contributed by atoms with van der Waals surface area (Å²) in [6, 6.07) is 11.7. The molecule has 0 N–H and O–H groups in total. The van der Waals surface area contributed by atoms with Gasteiger partial charge in [0.05, 0.1) is 10.6 Å². The molecule has 8 nitrogen and oxygen atoms in total. The van der Waals surface area contributed by atoms with Crippen LogP contribution < -0.4 is 24.2 Å². The summed E-state index contributed by atoms with van der Waals surface area (Å²) in [4.78, 5) is 15.6. The van der Waals surface area contributed by atoms with Crippen LogP contribution in [0.3, 0.4) is 0 Å². The lowest BCUT2D eigenvalue weighted by Gasteiger charge is -2.26. The zero-order chi connectivity index (χ0) is 28.6. The van der Waals surface area contributed by atoms with Crippen molar-refractivity contribution in [2.24, 2.45) is 0 Å². The Morgan fingerprint density at radius 3 is 2.62 bits per heavy atom. The number of hydrogen-bond donors (Lipinski definition) is 0. The van der Waals surface area contributed by atoms with E-state index >= 15 is 0 Å². The second kappa shape index (κ2) is 10.9. The minimum absolute atomic E-state index is 0.159. The quantitative estimate of drug-likeness (QED) is 0.191. The summed E-state index contributed by atoms with van der Waals surface area (Å²) in [7, 11) is -4.62. The van der Waals surface area contributed by atoms with Gasteiger partial charge in [-0.2, -0.15) is 0 Å². The van der Waals surface area contributed by atoms with Crippen LogP contribution in [-0.4, -0.2) is 24.1 Å². The Labute approximate surface area is 236 Å². The summed E-state index contributed by atoms with van der Waals surface area (Å²) in [5.74, 6) is -0.635. The molecule has 0 aliphatic carbocycles. The maximum atomic E-state index is 13.4. The van der Waals surface area contributed by atoms with Crippen molar-refractivity contribution in [3.05, 3.63) is 110 Å². The van der Waals surface area contributed by atoms with Crippen molar-refractivity contribution in [3.8, 4) is 0 Å². The Bertz CT molecular complexity index is 1990. The van der Waals surface area contributed by atoms with Gasteiger partial charge in [0.15, 0.2) is 10.1 Å². The summed E-state index contributed by atoms with van der Waals surface area (Å²) < 4.78 is 45.2. The van der Waals surface area contributed by atoms with Gasteiger partial charge in [0.2, 0.25) is 11.5 Å². The van der Waals surface area contributed by atoms with Crippen molar-refractivity contribution >= 4 is 56.0 Å². The third-order valence-electron chi connectivity index (χ3n) is 6.84. The zero-order valence-corrected chi connectivity index (χ0v) is 24.1. The van der Waals surface area contributed by atoms with E-state index in [-0.39, 0.29) is 18.0 Å². The molecule has 10 heteroatoms. The topological polar surface area (TPSA) is 99.5 Å². The van der Waals surface area contributed by atoms with Crippen LogP contribution in [0.25, 0.3) is 28.8 Å². The molecule has 0 saturated carbocycles. The van der Waals surface area contributed by atoms with Crippen LogP contribution in [0.1, 0.15) is 29.5 Å². The normalized spacial score (nSPS) is 15.4. The lowest BCUT2D eigenvalue weighted by Crippen LogP contribution is -2.40. The molecule has 4 aromatic rings. The minimum Gasteiger partial charge on any atom is -0.743 e. The third-order valence-corrected chi connectivity index (χ3v) is 8.49. The van der Waals surface area contributed by atoms with E-state index in [1.165, 1.54) is 15.9 Å². The molecule has 3 heterocycles. The third kappa shape index (κ3) is 5.38. The van der Waals surface area contributed by atoms with Gasteiger partial charge in [-0.25, -0.2) is 8.42 Å². The number of anilines is 1. The Hall–Kier alpha value is -3.99. The molecule has 0 unspecified atom stereocenters. The fourth-order valence-electron chi connectivity index (χ4n) is 4.71. The van der Waals surface area contributed by atoms with Crippen LogP contribution in [0.15, 0.2) is 76.6 Å². The van der Waals surface area contributed by atoms with Crippen molar-refractivity contribution in [2.75, 3.05) is 11.4 Å². The van der Waals surface area contributed by atoms with Gasteiger partial charge in [0, 0.05) is 36.6 Å². The second-order valence-electron chi connectivity index (χ2n) is 9.52. The van der Waals surface area contributed by atoms with E-state index < -0.39 is 16.0 Å². The minimum atomic E-state index is -4.62. The standard InChI is InChI=1S/C30H29N3O5S2/c1-5-14-32-29(18-28-33(19-40(35,36)37)25-16-20(3)21(4)17-26(25)38-28)39-27(30(32)34)12-11-22-13-15-31(6-2)24-10-8-7-9-23(22)24/h5,7-13,15-18H,1,6,14,19H2,2-4H3/b22-11+,27-12?. The Balaban J connectivity index is 1.69. The number of benzene rings is 2. The highest BCUT2D eigenvalue weighted by molar-refractivity contribution is 7.84. The van der Waals surface area contributed by atoms with Gasteiger partial charge in [-0.05, 0) is 61.8 Å². The van der Waals surface area contributed by atoms with E-state index in [2.05, 4.69) is 30.5 Å². The molecule has 0 fully saturated rings. The summed E-state index contributed by atoms with van der Waals surface area (Å²) in [5, 5.41) is 0. The summed E-state index contributed by atoms with van der Waals surface area (Å²) >= 11 is 1.25. The average Bonchev–Trinajstić information content (AvgIpc) is 3.38. The van der Waals surface area contributed by atoms with E-state index in [1.54, 1.807) is 28.9 Å². The zero-order valence-electron chi connectivity index (χ0n) is 22.5. The molecule has 0 saturated heterocycles. The number of hydrogen-bond acceptors (Lipinski definition) is 7. The van der Waals surface area contributed by atoms with Gasteiger partial charge in [0.1, 0.15) is 4.66 Å². The molecular formula is C30H29N3O5S2. The summed E-state index contributed by atoms with van der Waals surface area (Å²) in [6.45, 7) is 10.8. The number of nitrogens with zero attached hydrogens (tertiary/aromatic N) is 3. The highest BCUT2D eigenvalue weighted by Crippen LogP contribution is 2.32. The lowest BCUT2D eigenvalue weighted by atomic mass is 9.99. The molecule has 0 spiro atoms. The van der Waals surface area contributed by atoms with Crippen molar-refractivity contribution < 1.29 is 22.0 Å². The highest BCUT2D eigenvalue weighted by Gasteiger charge is 2.24. The molecule has 206 valence electrons. The number of aromatic nitrogens is 2. The van der Waals surface area contributed by atoms with Crippen LogP contribution in [0, 0.1) is 13.8 Å². The van der Waals surface area contributed by atoms with Crippen LogP contribution in [0.5, 0.6) is 0 Å². The first-order valence-electron chi connectivity index (χ1n) is 12.7. The highest BCUT2D eigenvalue weighted by atomic mass is 32.2. The Kier molecular flexibility index (Phi) is 7.50. The Morgan fingerprint density at radius 2 is 1.90 bits per heavy atom.